The van der Waals surface area contributed by atoms with Crippen molar-refractivity contribution < 1.29 is 13.5 Å². The lowest BCUT2D eigenvalue weighted by molar-refractivity contribution is 0.191. The number of rotatable bonds is 3. The van der Waals surface area contributed by atoms with Crippen molar-refractivity contribution in [1.82, 2.24) is 4.31 Å². The summed E-state index contributed by atoms with van der Waals surface area (Å²) < 4.78 is 26.7. The summed E-state index contributed by atoms with van der Waals surface area (Å²) in [6.45, 7) is 3.89. The highest BCUT2D eigenvalue weighted by Gasteiger charge is 2.40. The number of hydrogen-bond acceptors (Lipinski definition) is 4. The molecule has 3 N–H and O–H groups in total. The quantitative estimate of drug-likeness (QED) is 0.830. The van der Waals surface area contributed by atoms with E-state index in [2.05, 4.69) is 0 Å². The van der Waals surface area contributed by atoms with Crippen LogP contribution in [0.5, 0.6) is 0 Å². The van der Waals surface area contributed by atoms with Crippen LogP contribution < -0.4 is 5.73 Å². The van der Waals surface area contributed by atoms with Crippen LogP contribution in [0.25, 0.3) is 0 Å². The van der Waals surface area contributed by atoms with E-state index < -0.39 is 16.1 Å². The molecule has 1 aromatic rings. The monoisotopic (exact) mass is 318 g/mol. The zero-order valence-corrected chi connectivity index (χ0v) is 13.1. The second-order valence-corrected chi connectivity index (χ2v) is 7.54. The molecule has 7 heteroatoms. The molecule has 0 amide bonds. The van der Waals surface area contributed by atoms with Gasteiger partial charge in [-0.25, -0.2) is 8.42 Å². The van der Waals surface area contributed by atoms with Crippen LogP contribution in [0.4, 0.5) is 5.69 Å². The number of sulfonamides is 1. The fraction of sp³-hybridized carbons (Fsp3) is 0.538. The summed E-state index contributed by atoms with van der Waals surface area (Å²) in [5.74, 6) is 0.122. The van der Waals surface area contributed by atoms with E-state index in [0.717, 1.165) is 12.0 Å². The summed E-state index contributed by atoms with van der Waals surface area (Å²) in [6.07, 6.45) is 0.726. The minimum absolute atomic E-state index is 0.00909. The molecular formula is C13H19ClN2O3S. The number of aliphatic hydroxyl groups excluding tert-OH is 1. The molecule has 0 radical (unpaired) electrons. The van der Waals surface area contributed by atoms with E-state index >= 15 is 0 Å². The maximum Gasteiger partial charge on any atom is 0.244 e. The number of nitrogens with zero attached hydrogens (tertiary/aromatic N) is 1. The van der Waals surface area contributed by atoms with Gasteiger partial charge in [0.05, 0.1) is 17.7 Å². The van der Waals surface area contributed by atoms with Crippen LogP contribution in [-0.4, -0.2) is 37.0 Å². The lowest BCUT2D eigenvalue weighted by Crippen LogP contribution is -2.39. The number of nitrogens with two attached hydrogens (primary N) is 1. The van der Waals surface area contributed by atoms with Crippen molar-refractivity contribution in [2.45, 2.75) is 31.2 Å². The third-order valence-corrected chi connectivity index (χ3v) is 6.31. The Morgan fingerprint density at radius 3 is 2.75 bits per heavy atom. The first-order chi connectivity index (χ1) is 9.28. The highest BCUT2D eigenvalue weighted by Crippen LogP contribution is 2.34. The molecule has 0 saturated carbocycles. The topological polar surface area (TPSA) is 83.6 Å². The normalized spacial score (nSPS) is 24.2. The lowest BCUT2D eigenvalue weighted by atomic mass is 10.0. The second kappa shape index (κ2) is 5.52. The molecule has 5 nitrogen and oxygen atoms in total. The van der Waals surface area contributed by atoms with Gasteiger partial charge < -0.3 is 10.8 Å². The Labute approximate surface area is 124 Å². The van der Waals surface area contributed by atoms with Crippen LogP contribution in [0, 0.1) is 12.8 Å². The van der Waals surface area contributed by atoms with Crippen LogP contribution in [0.2, 0.25) is 5.02 Å². The Bertz CT molecular complexity index is 618. The molecule has 0 aliphatic carbocycles. The van der Waals surface area contributed by atoms with Gasteiger partial charge in [-0.2, -0.15) is 4.31 Å². The van der Waals surface area contributed by atoms with E-state index in [4.69, 9.17) is 17.3 Å². The highest BCUT2D eigenvalue weighted by molar-refractivity contribution is 7.89. The Kier molecular flexibility index (Phi) is 4.30. The Morgan fingerprint density at radius 1 is 1.50 bits per heavy atom. The molecule has 20 heavy (non-hydrogen) atoms. The van der Waals surface area contributed by atoms with Gasteiger partial charge in [0.15, 0.2) is 0 Å². The summed E-state index contributed by atoms with van der Waals surface area (Å²) in [7, 11) is -3.74. The average molecular weight is 319 g/mol. The third-order valence-electron chi connectivity index (χ3n) is 3.93. The maximum atomic E-state index is 12.7. The first-order valence-electron chi connectivity index (χ1n) is 6.47. The van der Waals surface area contributed by atoms with Crippen molar-refractivity contribution in [1.29, 1.82) is 0 Å². The van der Waals surface area contributed by atoms with Gasteiger partial charge in [0.2, 0.25) is 10.0 Å². The third kappa shape index (κ3) is 2.53. The summed E-state index contributed by atoms with van der Waals surface area (Å²) in [5, 5.41) is 9.58. The number of aryl methyl sites for hydroxylation is 1. The molecule has 1 aliphatic rings. The molecule has 2 rings (SSSR count). The number of halogens is 1. The van der Waals surface area contributed by atoms with Crippen LogP contribution in [0.15, 0.2) is 17.0 Å². The standard InChI is InChI=1S/C13H19ClN2O3S/c1-8-3-4-16(12(8)7-17)20(18,19)13-6-11(15)9(2)5-10(13)14/h5-6,8,12,17H,3-4,7,15H2,1-2H3. The second-order valence-electron chi connectivity index (χ2n) is 5.27. The van der Waals surface area contributed by atoms with E-state index in [1.165, 1.54) is 10.4 Å². The zero-order chi connectivity index (χ0) is 15.1. The maximum absolute atomic E-state index is 12.7. The summed E-state index contributed by atoms with van der Waals surface area (Å²) >= 11 is 6.07. The Morgan fingerprint density at radius 2 is 2.15 bits per heavy atom. The summed E-state index contributed by atoms with van der Waals surface area (Å²) in [5.41, 5.74) is 6.92. The first-order valence-corrected chi connectivity index (χ1v) is 8.29. The predicted molar refractivity (Wildman–Crippen MR) is 79.1 cm³/mol. The number of benzene rings is 1. The molecule has 2 atom stereocenters. The van der Waals surface area contributed by atoms with Gasteiger partial charge in [-0.15, -0.1) is 0 Å². The van der Waals surface area contributed by atoms with Crippen LogP contribution in [0.3, 0.4) is 0 Å². The lowest BCUT2D eigenvalue weighted by Gasteiger charge is -2.25. The Balaban J connectivity index is 2.48. The molecule has 0 bridgehead atoms. The molecule has 2 unspecified atom stereocenters. The predicted octanol–water partition coefficient (Wildman–Crippen LogP) is 1.62. The van der Waals surface area contributed by atoms with Crippen LogP contribution in [-0.2, 0) is 10.0 Å². The van der Waals surface area contributed by atoms with Crippen molar-refractivity contribution in [3.63, 3.8) is 0 Å². The van der Waals surface area contributed by atoms with E-state index in [1.807, 2.05) is 6.92 Å². The van der Waals surface area contributed by atoms with Gasteiger partial charge in [0.25, 0.3) is 0 Å². The molecule has 0 spiro atoms. The summed E-state index contributed by atoms with van der Waals surface area (Å²) in [6, 6.07) is 2.54. The smallest absolute Gasteiger partial charge is 0.244 e. The average Bonchev–Trinajstić information content (AvgIpc) is 2.75. The van der Waals surface area contributed by atoms with Gasteiger partial charge in [-0.1, -0.05) is 18.5 Å². The van der Waals surface area contributed by atoms with Gasteiger partial charge >= 0.3 is 0 Å². The van der Waals surface area contributed by atoms with E-state index in [1.54, 1.807) is 13.0 Å². The van der Waals surface area contributed by atoms with Crippen LogP contribution >= 0.6 is 11.6 Å². The molecule has 0 aromatic heterocycles. The van der Waals surface area contributed by atoms with Gasteiger partial charge in [-0.3, -0.25) is 0 Å². The molecule has 1 heterocycles. The fourth-order valence-electron chi connectivity index (χ4n) is 2.53. The zero-order valence-electron chi connectivity index (χ0n) is 11.5. The molecule has 112 valence electrons. The van der Waals surface area contributed by atoms with Gasteiger partial charge in [-0.05, 0) is 37.0 Å². The minimum Gasteiger partial charge on any atom is -0.398 e. The first kappa shape index (κ1) is 15.6. The minimum atomic E-state index is -3.74. The number of nitrogen functional groups attached to an aromatic ring is 1. The van der Waals surface area contributed by atoms with Crippen molar-refractivity contribution in [2.75, 3.05) is 18.9 Å². The van der Waals surface area contributed by atoms with E-state index in [-0.39, 0.29) is 22.4 Å². The van der Waals surface area contributed by atoms with Gasteiger partial charge in [0.1, 0.15) is 4.90 Å². The SMILES string of the molecule is Cc1cc(Cl)c(S(=O)(=O)N2CCC(C)C2CO)cc1N. The molecule has 1 fully saturated rings. The van der Waals surface area contributed by atoms with Crippen molar-refractivity contribution in [3.8, 4) is 0 Å². The largest absolute Gasteiger partial charge is 0.398 e. The van der Waals surface area contributed by atoms with Crippen molar-refractivity contribution in [3.05, 3.63) is 22.7 Å². The van der Waals surface area contributed by atoms with Gasteiger partial charge in [0, 0.05) is 12.2 Å². The molecular weight excluding hydrogens is 300 g/mol. The molecule has 1 saturated heterocycles. The number of aliphatic hydroxyl groups is 1. The summed E-state index contributed by atoms with van der Waals surface area (Å²) in [4.78, 5) is 0.00909. The highest BCUT2D eigenvalue weighted by atomic mass is 35.5. The van der Waals surface area contributed by atoms with Crippen molar-refractivity contribution >= 4 is 27.3 Å². The molecule has 1 aliphatic heterocycles. The van der Waals surface area contributed by atoms with E-state index in [0.29, 0.717) is 12.2 Å². The Hall–Kier alpha value is -0.820. The van der Waals surface area contributed by atoms with E-state index in [9.17, 15) is 13.5 Å². The number of anilines is 1. The molecule has 1 aromatic carbocycles. The number of hydrogen-bond donors (Lipinski definition) is 2. The fourth-order valence-corrected chi connectivity index (χ4v) is 4.86. The van der Waals surface area contributed by atoms with Crippen LogP contribution in [0.1, 0.15) is 18.9 Å². The van der Waals surface area contributed by atoms with Crippen molar-refractivity contribution in [2.24, 2.45) is 5.92 Å².